The van der Waals surface area contributed by atoms with Crippen molar-refractivity contribution in [1.82, 2.24) is 19.5 Å². The van der Waals surface area contributed by atoms with Crippen LogP contribution >= 0.6 is 11.6 Å². The number of alkyl halides is 3. The molecule has 6 nitrogen and oxygen atoms in total. The fraction of sp³-hybridized carbons (Fsp3) is 0.0833. The minimum atomic E-state index is -4.82. The number of aromatic nitrogens is 4. The number of ketones is 1. The van der Waals surface area contributed by atoms with Gasteiger partial charge in [-0.05, 0) is 29.8 Å². The lowest BCUT2D eigenvalue weighted by Gasteiger charge is -2.14. The molecule has 0 aliphatic rings. The van der Waals surface area contributed by atoms with Gasteiger partial charge in [0.2, 0.25) is 0 Å². The fourth-order valence-corrected chi connectivity index (χ4v) is 3.93. The first-order chi connectivity index (χ1) is 16.3. The highest BCUT2D eigenvalue weighted by Crippen LogP contribution is 2.40. The molecule has 0 aliphatic heterocycles. The van der Waals surface area contributed by atoms with E-state index in [-0.39, 0.29) is 23.2 Å². The summed E-state index contributed by atoms with van der Waals surface area (Å²) in [4.78, 5) is 25.1. The number of oxazole rings is 1. The second-order valence-corrected chi connectivity index (χ2v) is 7.84. The number of carbonyl (C=O) groups is 1. The zero-order valence-corrected chi connectivity index (χ0v) is 18.0. The summed E-state index contributed by atoms with van der Waals surface area (Å²) < 4.78 is 49.8. The smallest absolute Gasteiger partial charge is 0.432 e. The van der Waals surface area contributed by atoms with Crippen molar-refractivity contribution in [3.05, 3.63) is 101 Å². The number of carbonyl (C=O) groups excluding carboxylic acids is 1. The Morgan fingerprint density at radius 2 is 1.79 bits per heavy atom. The lowest BCUT2D eigenvalue weighted by molar-refractivity contribution is -0.143. The van der Waals surface area contributed by atoms with Gasteiger partial charge in [0.15, 0.2) is 5.76 Å². The van der Waals surface area contributed by atoms with E-state index in [1.807, 2.05) is 0 Å². The highest BCUT2D eigenvalue weighted by Gasteiger charge is 2.42. The standard InChI is InChI=1S/C24H14ClF3N4O2/c25-15-7-5-14(6-8-15)12-32-18-4-2-1-3-16(18)20(22(32)24(26,27)28)21(33)23-30-11-19(34-23)17-9-10-29-13-31-17/h1-11,13H,12H2. The van der Waals surface area contributed by atoms with Gasteiger partial charge in [-0.3, -0.25) is 4.79 Å². The van der Waals surface area contributed by atoms with Crippen molar-refractivity contribution in [3.8, 4) is 11.5 Å². The third-order valence-electron chi connectivity index (χ3n) is 5.25. The Hall–Kier alpha value is -3.98. The van der Waals surface area contributed by atoms with Crippen LogP contribution in [-0.2, 0) is 12.7 Å². The SMILES string of the molecule is O=C(c1ncc(-c2ccncn2)o1)c1c(C(F)(F)F)n(Cc2ccc(Cl)cc2)c2ccccc12. The molecule has 0 saturated heterocycles. The average molecular weight is 483 g/mol. The molecule has 0 amide bonds. The van der Waals surface area contributed by atoms with Gasteiger partial charge in [-0.1, -0.05) is 41.9 Å². The molecular formula is C24H14ClF3N4O2. The molecule has 5 rings (SSSR count). The zero-order chi connectivity index (χ0) is 23.9. The van der Waals surface area contributed by atoms with Crippen molar-refractivity contribution in [1.29, 1.82) is 0 Å². The Kier molecular flexibility index (Phi) is 5.41. The van der Waals surface area contributed by atoms with E-state index in [1.54, 1.807) is 42.5 Å². The Morgan fingerprint density at radius 3 is 2.50 bits per heavy atom. The fourth-order valence-electron chi connectivity index (χ4n) is 3.81. The molecule has 34 heavy (non-hydrogen) atoms. The Balaban J connectivity index is 1.67. The first-order valence-corrected chi connectivity index (χ1v) is 10.4. The van der Waals surface area contributed by atoms with Crippen molar-refractivity contribution in [2.45, 2.75) is 12.7 Å². The van der Waals surface area contributed by atoms with E-state index in [1.165, 1.54) is 30.9 Å². The molecule has 0 unspecified atom stereocenters. The Morgan fingerprint density at radius 1 is 1.03 bits per heavy atom. The van der Waals surface area contributed by atoms with Gasteiger partial charge in [-0.2, -0.15) is 13.2 Å². The van der Waals surface area contributed by atoms with E-state index in [0.717, 1.165) is 4.57 Å². The summed E-state index contributed by atoms with van der Waals surface area (Å²) in [5.41, 5.74) is -0.390. The van der Waals surface area contributed by atoms with Gasteiger partial charge >= 0.3 is 6.18 Å². The van der Waals surface area contributed by atoms with Crippen molar-refractivity contribution in [2.75, 3.05) is 0 Å². The normalized spacial score (nSPS) is 11.8. The van der Waals surface area contributed by atoms with Crippen LogP contribution < -0.4 is 0 Å². The lowest BCUT2D eigenvalue weighted by atomic mass is 10.1. The van der Waals surface area contributed by atoms with Crippen molar-refractivity contribution in [3.63, 3.8) is 0 Å². The second-order valence-electron chi connectivity index (χ2n) is 7.40. The summed E-state index contributed by atoms with van der Waals surface area (Å²) >= 11 is 5.92. The quantitative estimate of drug-likeness (QED) is 0.286. The molecular weight excluding hydrogens is 469 g/mol. The molecule has 0 bridgehead atoms. The topological polar surface area (TPSA) is 73.8 Å². The Labute approximate surface area is 195 Å². The number of nitrogens with zero attached hydrogens (tertiary/aromatic N) is 4. The number of rotatable bonds is 5. The maximum atomic E-state index is 14.4. The van der Waals surface area contributed by atoms with Gasteiger partial charge in [0.1, 0.15) is 17.7 Å². The summed E-state index contributed by atoms with van der Waals surface area (Å²) in [6.45, 7) is -0.114. The highest BCUT2D eigenvalue weighted by atomic mass is 35.5. The number of fused-ring (bicyclic) bond motifs is 1. The van der Waals surface area contributed by atoms with Crippen LogP contribution in [0.2, 0.25) is 5.02 Å². The minimum absolute atomic E-state index is 0.114. The van der Waals surface area contributed by atoms with Gasteiger partial charge in [0.05, 0.1) is 11.8 Å². The predicted molar refractivity (Wildman–Crippen MR) is 118 cm³/mol. The molecule has 0 atom stereocenters. The van der Waals surface area contributed by atoms with E-state index in [9.17, 15) is 18.0 Å². The van der Waals surface area contributed by atoms with Crippen LogP contribution in [0.25, 0.3) is 22.4 Å². The first-order valence-electron chi connectivity index (χ1n) is 10.0. The van der Waals surface area contributed by atoms with Crippen molar-refractivity contribution in [2.24, 2.45) is 0 Å². The van der Waals surface area contributed by atoms with E-state index in [2.05, 4.69) is 15.0 Å². The number of hydrogen-bond donors (Lipinski definition) is 0. The predicted octanol–water partition coefficient (Wildman–Crippen LogP) is 6.04. The van der Waals surface area contributed by atoms with Gasteiger partial charge in [0.25, 0.3) is 11.7 Å². The molecule has 3 aromatic heterocycles. The van der Waals surface area contributed by atoms with Crippen LogP contribution in [-0.4, -0.2) is 25.3 Å². The molecule has 0 N–H and O–H groups in total. The van der Waals surface area contributed by atoms with Gasteiger partial charge in [0, 0.05) is 28.7 Å². The van der Waals surface area contributed by atoms with Crippen LogP contribution in [0.1, 0.15) is 27.5 Å². The van der Waals surface area contributed by atoms with E-state index in [4.69, 9.17) is 16.0 Å². The minimum Gasteiger partial charge on any atom is -0.432 e. The van der Waals surface area contributed by atoms with E-state index in [0.29, 0.717) is 16.3 Å². The molecule has 0 aliphatic carbocycles. The average Bonchev–Trinajstić information content (AvgIpc) is 3.44. The van der Waals surface area contributed by atoms with Crippen LogP contribution in [0.3, 0.4) is 0 Å². The third kappa shape index (κ3) is 3.94. The molecule has 170 valence electrons. The number of benzene rings is 2. The molecule has 0 saturated carbocycles. The zero-order valence-electron chi connectivity index (χ0n) is 17.3. The summed E-state index contributed by atoms with van der Waals surface area (Å²) in [5.74, 6) is -1.29. The summed E-state index contributed by atoms with van der Waals surface area (Å²) in [6.07, 6.45) is -0.821. The van der Waals surface area contributed by atoms with Gasteiger partial charge in [-0.15, -0.1) is 0 Å². The summed E-state index contributed by atoms with van der Waals surface area (Å²) in [7, 11) is 0. The third-order valence-corrected chi connectivity index (χ3v) is 5.51. The van der Waals surface area contributed by atoms with Crippen molar-refractivity contribution < 1.29 is 22.4 Å². The van der Waals surface area contributed by atoms with Crippen molar-refractivity contribution >= 4 is 28.3 Å². The molecule has 0 fully saturated rings. The molecule has 10 heteroatoms. The van der Waals surface area contributed by atoms with Crippen LogP contribution in [0.5, 0.6) is 0 Å². The number of halogens is 4. The van der Waals surface area contributed by atoms with Crippen LogP contribution in [0.15, 0.2) is 77.7 Å². The molecule has 2 aromatic carbocycles. The molecule has 0 radical (unpaired) electrons. The Bertz CT molecular complexity index is 1490. The van der Waals surface area contributed by atoms with Gasteiger partial charge in [-0.25, -0.2) is 15.0 Å². The monoisotopic (exact) mass is 482 g/mol. The summed E-state index contributed by atoms with van der Waals surface area (Å²) in [5, 5.41) is 0.618. The van der Waals surface area contributed by atoms with Gasteiger partial charge < -0.3 is 8.98 Å². The molecule has 3 heterocycles. The first kappa shape index (κ1) is 21.8. The largest absolute Gasteiger partial charge is 0.432 e. The van der Waals surface area contributed by atoms with Crippen LogP contribution in [0.4, 0.5) is 13.2 Å². The molecule has 0 spiro atoms. The maximum Gasteiger partial charge on any atom is 0.432 e. The summed E-state index contributed by atoms with van der Waals surface area (Å²) in [6, 6.07) is 14.2. The van der Waals surface area contributed by atoms with Crippen LogP contribution in [0, 0.1) is 0 Å². The highest BCUT2D eigenvalue weighted by molar-refractivity contribution is 6.30. The second kappa shape index (κ2) is 8.42. The number of hydrogen-bond acceptors (Lipinski definition) is 5. The van der Waals surface area contributed by atoms with E-state index < -0.39 is 29.1 Å². The maximum absolute atomic E-state index is 14.4. The lowest BCUT2D eigenvalue weighted by Crippen LogP contribution is -2.18. The van der Waals surface area contributed by atoms with E-state index >= 15 is 0 Å². The number of para-hydroxylation sites is 1. The molecule has 5 aromatic rings.